The largest absolute Gasteiger partial charge is 0.294 e. The van der Waals surface area contributed by atoms with Crippen LogP contribution in [-0.2, 0) is 0 Å². The first-order valence-electron chi connectivity index (χ1n) is 6.47. The number of hydrogen-bond donors (Lipinski definition) is 0. The summed E-state index contributed by atoms with van der Waals surface area (Å²) in [6, 6.07) is 10.8. The lowest BCUT2D eigenvalue weighted by Crippen LogP contribution is -2.44. The van der Waals surface area contributed by atoms with Crippen molar-refractivity contribution in [3.05, 3.63) is 41.5 Å². The fraction of sp³-hybridized carbons (Fsp3) is 0.500. The van der Waals surface area contributed by atoms with Gasteiger partial charge < -0.3 is 0 Å². The van der Waals surface area contributed by atoms with E-state index in [-0.39, 0.29) is 5.54 Å². The third-order valence-electron chi connectivity index (χ3n) is 3.65. The second-order valence-corrected chi connectivity index (χ2v) is 5.97. The van der Waals surface area contributed by atoms with E-state index < -0.39 is 0 Å². The van der Waals surface area contributed by atoms with Gasteiger partial charge in [0.05, 0.1) is 0 Å². The number of rotatable bonds is 1. The molecule has 1 aromatic rings. The van der Waals surface area contributed by atoms with Crippen LogP contribution >= 0.6 is 0 Å². The fourth-order valence-electron chi connectivity index (χ4n) is 2.52. The Kier molecular flexibility index (Phi) is 3.39. The van der Waals surface area contributed by atoms with E-state index in [1.54, 1.807) is 5.57 Å². The second kappa shape index (κ2) is 4.66. The van der Waals surface area contributed by atoms with Gasteiger partial charge in [0.25, 0.3) is 0 Å². The van der Waals surface area contributed by atoms with Gasteiger partial charge in [0.2, 0.25) is 0 Å². The molecule has 0 unspecified atom stereocenters. The maximum atomic E-state index is 2.56. The van der Waals surface area contributed by atoms with Crippen LogP contribution in [0, 0.1) is 0 Å². The SMILES string of the molecule is CC1=C(c2ccccc2)CCN(C(C)(C)C)C1. The fourth-order valence-corrected chi connectivity index (χ4v) is 2.52. The van der Waals surface area contributed by atoms with Crippen LogP contribution in [0.25, 0.3) is 5.57 Å². The number of nitrogens with zero attached hydrogens (tertiary/aromatic N) is 1. The molecule has 17 heavy (non-hydrogen) atoms. The number of hydrogen-bond acceptors (Lipinski definition) is 1. The van der Waals surface area contributed by atoms with E-state index in [1.165, 1.54) is 24.1 Å². The highest BCUT2D eigenvalue weighted by atomic mass is 15.2. The van der Waals surface area contributed by atoms with Gasteiger partial charge in [0, 0.05) is 18.6 Å². The zero-order valence-electron chi connectivity index (χ0n) is 11.5. The van der Waals surface area contributed by atoms with Crippen LogP contribution in [0.3, 0.4) is 0 Å². The second-order valence-electron chi connectivity index (χ2n) is 5.97. The maximum Gasteiger partial charge on any atom is 0.0201 e. The molecule has 0 fully saturated rings. The molecule has 0 saturated heterocycles. The molecule has 0 radical (unpaired) electrons. The molecule has 0 saturated carbocycles. The summed E-state index contributed by atoms with van der Waals surface area (Å²) >= 11 is 0. The average Bonchev–Trinajstić information content (AvgIpc) is 2.29. The highest BCUT2D eigenvalue weighted by Gasteiger charge is 2.25. The Morgan fingerprint density at radius 1 is 1.06 bits per heavy atom. The first-order chi connectivity index (χ1) is 7.98. The van der Waals surface area contributed by atoms with E-state index in [0.29, 0.717) is 0 Å². The van der Waals surface area contributed by atoms with Crippen molar-refractivity contribution in [2.45, 2.75) is 39.7 Å². The summed E-state index contributed by atoms with van der Waals surface area (Å²) in [6.45, 7) is 11.5. The van der Waals surface area contributed by atoms with Gasteiger partial charge >= 0.3 is 0 Å². The molecule has 0 N–H and O–H groups in total. The quantitative estimate of drug-likeness (QED) is 0.704. The molecule has 1 heteroatoms. The standard InChI is InChI=1S/C16H23N/c1-13-12-17(16(2,3)4)11-10-15(13)14-8-6-5-7-9-14/h5-9H,10-12H2,1-4H3. The minimum atomic E-state index is 0.281. The Morgan fingerprint density at radius 3 is 2.24 bits per heavy atom. The molecule has 1 aliphatic rings. The predicted molar refractivity (Wildman–Crippen MR) is 75.0 cm³/mol. The Morgan fingerprint density at radius 2 is 1.71 bits per heavy atom. The lowest BCUT2D eigenvalue weighted by molar-refractivity contribution is 0.148. The Labute approximate surface area is 105 Å². The van der Waals surface area contributed by atoms with Crippen molar-refractivity contribution in [2.75, 3.05) is 13.1 Å². The Bertz CT molecular complexity index is 409. The summed E-state index contributed by atoms with van der Waals surface area (Å²) in [5.74, 6) is 0. The van der Waals surface area contributed by atoms with Crippen molar-refractivity contribution in [3.63, 3.8) is 0 Å². The molecule has 1 heterocycles. The molecule has 92 valence electrons. The van der Waals surface area contributed by atoms with Gasteiger partial charge in [0.1, 0.15) is 0 Å². The first kappa shape index (κ1) is 12.4. The molecular weight excluding hydrogens is 206 g/mol. The van der Waals surface area contributed by atoms with Crippen LogP contribution in [0.2, 0.25) is 0 Å². The van der Waals surface area contributed by atoms with Gasteiger partial charge in [-0.05, 0) is 45.3 Å². The van der Waals surface area contributed by atoms with Gasteiger partial charge in [-0.1, -0.05) is 35.9 Å². The van der Waals surface area contributed by atoms with Crippen molar-refractivity contribution in [2.24, 2.45) is 0 Å². The van der Waals surface area contributed by atoms with E-state index in [1.807, 2.05) is 0 Å². The Balaban J connectivity index is 2.22. The molecule has 0 bridgehead atoms. The average molecular weight is 229 g/mol. The lowest BCUT2D eigenvalue weighted by atomic mass is 9.91. The minimum absolute atomic E-state index is 0.281. The summed E-state index contributed by atoms with van der Waals surface area (Å²) in [6.07, 6.45) is 1.17. The van der Waals surface area contributed by atoms with E-state index in [4.69, 9.17) is 0 Å². The van der Waals surface area contributed by atoms with Crippen LogP contribution in [0.15, 0.2) is 35.9 Å². The molecule has 0 aliphatic carbocycles. The van der Waals surface area contributed by atoms with Gasteiger partial charge in [-0.15, -0.1) is 0 Å². The van der Waals surface area contributed by atoms with Gasteiger partial charge in [-0.25, -0.2) is 0 Å². The maximum absolute atomic E-state index is 2.56. The minimum Gasteiger partial charge on any atom is -0.294 e. The third-order valence-corrected chi connectivity index (χ3v) is 3.65. The molecule has 1 aliphatic heterocycles. The summed E-state index contributed by atoms with van der Waals surface area (Å²) in [4.78, 5) is 2.56. The third kappa shape index (κ3) is 2.78. The molecule has 0 amide bonds. The normalized spacial score (nSPS) is 18.6. The Hall–Kier alpha value is -1.08. The molecule has 1 aromatic carbocycles. The topological polar surface area (TPSA) is 3.24 Å². The summed E-state index contributed by atoms with van der Waals surface area (Å²) < 4.78 is 0. The molecule has 0 spiro atoms. The van der Waals surface area contributed by atoms with Crippen LogP contribution in [0.4, 0.5) is 0 Å². The highest BCUT2D eigenvalue weighted by Crippen LogP contribution is 2.30. The van der Waals surface area contributed by atoms with E-state index >= 15 is 0 Å². The molecular formula is C16H23N. The predicted octanol–water partition coefficient (Wildman–Crippen LogP) is 3.96. The van der Waals surface area contributed by atoms with Gasteiger partial charge in [-0.3, -0.25) is 4.90 Å². The van der Waals surface area contributed by atoms with E-state index in [2.05, 4.69) is 62.9 Å². The molecule has 0 aromatic heterocycles. The van der Waals surface area contributed by atoms with Crippen LogP contribution in [-0.4, -0.2) is 23.5 Å². The van der Waals surface area contributed by atoms with Crippen molar-refractivity contribution < 1.29 is 0 Å². The van der Waals surface area contributed by atoms with Crippen LogP contribution in [0.5, 0.6) is 0 Å². The molecule has 2 rings (SSSR count). The van der Waals surface area contributed by atoms with Crippen LogP contribution in [0.1, 0.15) is 39.7 Å². The summed E-state index contributed by atoms with van der Waals surface area (Å²) in [7, 11) is 0. The van der Waals surface area contributed by atoms with Crippen molar-refractivity contribution in [3.8, 4) is 0 Å². The zero-order valence-corrected chi connectivity index (χ0v) is 11.5. The van der Waals surface area contributed by atoms with E-state index in [9.17, 15) is 0 Å². The molecule has 0 atom stereocenters. The smallest absolute Gasteiger partial charge is 0.0201 e. The van der Waals surface area contributed by atoms with Gasteiger partial charge in [0.15, 0.2) is 0 Å². The molecule has 1 nitrogen and oxygen atoms in total. The monoisotopic (exact) mass is 229 g/mol. The summed E-state index contributed by atoms with van der Waals surface area (Å²) in [5, 5.41) is 0. The highest BCUT2D eigenvalue weighted by molar-refractivity contribution is 5.69. The van der Waals surface area contributed by atoms with Crippen LogP contribution < -0.4 is 0 Å². The van der Waals surface area contributed by atoms with Gasteiger partial charge in [-0.2, -0.15) is 0 Å². The zero-order chi connectivity index (χ0) is 12.5. The van der Waals surface area contributed by atoms with Crippen molar-refractivity contribution in [1.82, 2.24) is 4.90 Å². The van der Waals surface area contributed by atoms with E-state index in [0.717, 1.165) is 6.54 Å². The summed E-state index contributed by atoms with van der Waals surface area (Å²) in [5.41, 5.74) is 4.76. The first-order valence-corrected chi connectivity index (χ1v) is 6.47. The van der Waals surface area contributed by atoms with Crippen molar-refractivity contribution in [1.29, 1.82) is 0 Å². The number of benzene rings is 1. The lowest BCUT2D eigenvalue weighted by Gasteiger charge is -2.39. The van der Waals surface area contributed by atoms with Crippen molar-refractivity contribution >= 4 is 5.57 Å².